The van der Waals surface area contributed by atoms with Gasteiger partial charge in [-0.05, 0) is 20.5 Å². The quantitative estimate of drug-likeness (QED) is 0.697. The van der Waals surface area contributed by atoms with Gasteiger partial charge >= 0.3 is 0 Å². The third-order valence-electron chi connectivity index (χ3n) is 2.71. The maximum Gasteiger partial charge on any atom is 0.276 e. The van der Waals surface area contributed by atoms with Crippen LogP contribution in [0.2, 0.25) is 0 Å². The van der Waals surface area contributed by atoms with Gasteiger partial charge in [-0.1, -0.05) is 12.1 Å². The smallest absolute Gasteiger partial charge is 0.276 e. The van der Waals surface area contributed by atoms with Crippen LogP contribution in [0.5, 0.6) is 0 Å². The second kappa shape index (κ2) is 7.85. The van der Waals surface area contributed by atoms with Crippen LogP contribution in [0.15, 0.2) is 6.20 Å². The van der Waals surface area contributed by atoms with Gasteiger partial charge in [-0.15, -0.1) is 5.10 Å². The normalized spacial score (nSPS) is 11.0. The van der Waals surface area contributed by atoms with Gasteiger partial charge in [0.1, 0.15) is 0 Å². The van der Waals surface area contributed by atoms with Gasteiger partial charge in [0, 0.05) is 26.2 Å². The number of nitrogens with zero attached hydrogens (tertiary/aromatic N) is 5. The molecule has 1 aromatic rings. The summed E-state index contributed by atoms with van der Waals surface area (Å²) in [6.07, 6.45) is 2.59. The molecule has 7 nitrogen and oxygen atoms in total. The van der Waals surface area contributed by atoms with E-state index in [0.717, 1.165) is 19.5 Å². The Balaban J connectivity index is 2.68. The zero-order chi connectivity index (χ0) is 14.3. The number of hydrogen-bond acceptors (Lipinski definition) is 5. The maximum atomic E-state index is 12.3. The SMILES string of the molecule is CCCN(CCN(C)C)C(=O)c1cn(CCN)nn1. The predicted molar refractivity (Wildman–Crippen MR) is 73.8 cm³/mol. The summed E-state index contributed by atoms with van der Waals surface area (Å²) in [5, 5.41) is 7.81. The lowest BCUT2D eigenvalue weighted by atomic mass is 10.3. The Labute approximate surface area is 114 Å². The average Bonchev–Trinajstić information content (AvgIpc) is 2.82. The predicted octanol–water partition coefficient (Wildman–Crippen LogP) is -0.349. The second-order valence-corrected chi connectivity index (χ2v) is 4.75. The van der Waals surface area contributed by atoms with Crippen molar-refractivity contribution in [2.24, 2.45) is 5.73 Å². The van der Waals surface area contributed by atoms with Crippen molar-refractivity contribution in [1.29, 1.82) is 0 Å². The lowest BCUT2D eigenvalue weighted by molar-refractivity contribution is 0.0739. The van der Waals surface area contributed by atoms with Crippen molar-refractivity contribution in [2.75, 3.05) is 40.3 Å². The molecule has 2 N–H and O–H groups in total. The molecule has 0 spiro atoms. The van der Waals surface area contributed by atoms with Crippen LogP contribution < -0.4 is 5.73 Å². The Morgan fingerprint density at radius 2 is 2.11 bits per heavy atom. The molecule has 1 heterocycles. The fourth-order valence-electron chi connectivity index (χ4n) is 1.71. The second-order valence-electron chi connectivity index (χ2n) is 4.75. The molecule has 0 aromatic carbocycles. The molecule has 0 aliphatic carbocycles. The maximum absolute atomic E-state index is 12.3. The van der Waals surface area contributed by atoms with E-state index >= 15 is 0 Å². The van der Waals surface area contributed by atoms with Crippen molar-refractivity contribution < 1.29 is 4.79 Å². The molecule has 0 aliphatic heterocycles. The van der Waals surface area contributed by atoms with Crippen LogP contribution in [0.1, 0.15) is 23.8 Å². The Kier molecular flexibility index (Phi) is 6.44. The molecule has 0 fully saturated rings. The highest BCUT2D eigenvalue weighted by molar-refractivity contribution is 5.91. The standard InChI is InChI=1S/C12H24N6O/c1-4-6-17(9-8-16(2)3)12(19)11-10-18(7-5-13)15-14-11/h10H,4-9,13H2,1-3H3. The van der Waals surface area contributed by atoms with Crippen molar-refractivity contribution in [1.82, 2.24) is 24.8 Å². The highest BCUT2D eigenvalue weighted by Gasteiger charge is 2.18. The number of amides is 1. The van der Waals surface area contributed by atoms with Crippen molar-refractivity contribution >= 4 is 5.91 Å². The summed E-state index contributed by atoms with van der Waals surface area (Å²) in [5.74, 6) is -0.0630. The van der Waals surface area contributed by atoms with Gasteiger partial charge in [-0.3, -0.25) is 9.48 Å². The summed E-state index contributed by atoms with van der Waals surface area (Å²) in [6, 6.07) is 0. The molecule has 7 heteroatoms. The van der Waals surface area contributed by atoms with Crippen molar-refractivity contribution in [3.05, 3.63) is 11.9 Å². The molecule has 1 aromatic heterocycles. The van der Waals surface area contributed by atoms with E-state index in [0.29, 0.717) is 25.3 Å². The van der Waals surface area contributed by atoms with Crippen LogP contribution >= 0.6 is 0 Å². The minimum Gasteiger partial charge on any atom is -0.336 e. The molecule has 0 aliphatic rings. The Bertz CT molecular complexity index is 389. The summed E-state index contributed by atoms with van der Waals surface area (Å²) in [4.78, 5) is 16.2. The van der Waals surface area contributed by atoms with Crippen molar-refractivity contribution in [3.63, 3.8) is 0 Å². The minimum absolute atomic E-state index is 0.0630. The monoisotopic (exact) mass is 268 g/mol. The van der Waals surface area contributed by atoms with Gasteiger partial charge in [0.25, 0.3) is 5.91 Å². The lowest BCUT2D eigenvalue weighted by Gasteiger charge is -2.22. The fourth-order valence-corrected chi connectivity index (χ4v) is 1.71. The van der Waals surface area contributed by atoms with E-state index in [1.54, 1.807) is 10.9 Å². The molecule has 0 bridgehead atoms. The fraction of sp³-hybridized carbons (Fsp3) is 0.750. The average molecular weight is 268 g/mol. The number of carbonyl (C=O) groups is 1. The van der Waals surface area contributed by atoms with Crippen LogP contribution in [-0.2, 0) is 6.54 Å². The molecular weight excluding hydrogens is 244 g/mol. The minimum atomic E-state index is -0.0630. The zero-order valence-corrected chi connectivity index (χ0v) is 12.0. The van der Waals surface area contributed by atoms with Gasteiger partial charge in [-0.25, -0.2) is 0 Å². The number of likely N-dealkylation sites (N-methyl/N-ethyl adjacent to an activating group) is 1. The van der Waals surface area contributed by atoms with Gasteiger partial charge < -0.3 is 15.5 Å². The van der Waals surface area contributed by atoms with Crippen LogP contribution in [0.25, 0.3) is 0 Å². The van der Waals surface area contributed by atoms with Gasteiger partial charge in [0.05, 0.1) is 12.7 Å². The molecule has 0 saturated carbocycles. The Hall–Kier alpha value is -1.47. The van der Waals surface area contributed by atoms with Crippen molar-refractivity contribution in [3.8, 4) is 0 Å². The van der Waals surface area contributed by atoms with Crippen LogP contribution in [-0.4, -0.2) is 71.0 Å². The van der Waals surface area contributed by atoms with E-state index in [9.17, 15) is 4.79 Å². The first-order chi connectivity index (χ1) is 9.08. The summed E-state index contributed by atoms with van der Waals surface area (Å²) < 4.78 is 1.60. The topological polar surface area (TPSA) is 80.3 Å². The molecule has 1 amide bonds. The first-order valence-electron chi connectivity index (χ1n) is 6.62. The van der Waals surface area contributed by atoms with Gasteiger partial charge in [0.15, 0.2) is 5.69 Å². The Morgan fingerprint density at radius 1 is 1.37 bits per heavy atom. The first-order valence-corrected chi connectivity index (χ1v) is 6.62. The number of nitrogens with two attached hydrogens (primary N) is 1. The highest BCUT2D eigenvalue weighted by atomic mass is 16.2. The first kappa shape index (κ1) is 15.6. The van der Waals surface area contributed by atoms with Gasteiger partial charge in [-0.2, -0.15) is 0 Å². The largest absolute Gasteiger partial charge is 0.336 e. The molecule has 19 heavy (non-hydrogen) atoms. The van der Waals surface area contributed by atoms with Crippen LogP contribution in [0, 0.1) is 0 Å². The Morgan fingerprint density at radius 3 is 2.68 bits per heavy atom. The summed E-state index contributed by atoms with van der Waals surface area (Å²) in [7, 11) is 3.98. The lowest BCUT2D eigenvalue weighted by Crippen LogP contribution is -2.37. The molecule has 0 atom stereocenters. The summed E-state index contributed by atoms with van der Waals surface area (Å²) in [6.45, 7) is 5.38. The van der Waals surface area contributed by atoms with Gasteiger partial charge in [0.2, 0.25) is 0 Å². The number of rotatable bonds is 8. The van der Waals surface area contributed by atoms with E-state index in [1.165, 1.54) is 0 Å². The third kappa shape index (κ3) is 4.96. The number of carbonyl (C=O) groups excluding carboxylic acids is 1. The molecule has 0 saturated heterocycles. The van der Waals surface area contributed by atoms with Crippen LogP contribution in [0.3, 0.4) is 0 Å². The molecule has 0 unspecified atom stereocenters. The van der Waals surface area contributed by atoms with Crippen molar-refractivity contribution in [2.45, 2.75) is 19.9 Å². The van der Waals surface area contributed by atoms with E-state index in [4.69, 9.17) is 5.73 Å². The molecule has 1 rings (SSSR count). The number of aromatic nitrogens is 3. The number of hydrogen-bond donors (Lipinski definition) is 1. The molecule has 0 radical (unpaired) electrons. The van der Waals surface area contributed by atoms with E-state index < -0.39 is 0 Å². The molecule has 108 valence electrons. The molecular formula is C12H24N6O. The zero-order valence-electron chi connectivity index (χ0n) is 12.0. The van der Waals surface area contributed by atoms with E-state index in [-0.39, 0.29) is 5.91 Å². The van der Waals surface area contributed by atoms with Crippen LogP contribution in [0.4, 0.5) is 0 Å². The third-order valence-corrected chi connectivity index (χ3v) is 2.71. The highest BCUT2D eigenvalue weighted by Crippen LogP contribution is 2.02. The summed E-state index contributed by atoms with van der Waals surface area (Å²) >= 11 is 0. The summed E-state index contributed by atoms with van der Waals surface area (Å²) in [5.41, 5.74) is 5.83. The van der Waals surface area contributed by atoms with E-state index in [1.807, 2.05) is 19.0 Å². The van der Waals surface area contributed by atoms with E-state index in [2.05, 4.69) is 22.1 Å².